The van der Waals surface area contributed by atoms with Crippen LogP contribution in [0.4, 0.5) is 0 Å². The van der Waals surface area contributed by atoms with E-state index in [0.29, 0.717) is 6.04 Å². The highest BCUT2D eigenvalue weighted by Gasteiger charge is 2.35. The lowest BCUT2D eigenvalue weighted by Crippen LogP contribution is -2.49. The highest BCUT2D eigenvalue weighted by atomic mass is 35.5. The number of halogens is 1. The summed E-state index contributed by atoms with van der Waals surface area (Å²) in [5.74, 6) is 0.263. The van der Waals surface area contributed by atoms with Gasteiger partial charge in [-0.2, -0.15) is 0 Å². The molecule has 0 aliphatic carbocycles. The molecule has 0 saturated carbocycles. The lowest BCUT2D eigenvalue weighted by Gasteiger charge is -2.36. The van der Waals surface area contributed by atoms with Crippen LogP contribution < -0.4 is 5.32 Å². The second-order valence-electron chi connectivity index (χ2n) is 5.46. The smallest absolute Gasteiger partial charge is 0.233 e. The van der Waals surface area contributed by atoms with Crippen molar-refractivity contribution in [2.24, 2.45) is 0 Å². The van der Waals surface area contributed by atoms with Gasteiger partial charge >= 0.3 is 0 Å². The van der Waals surface area contributed by atoms with Gasteiger partial charge in [-0.25, -0.2) is 0 Å². The number of hydrogen-bond donors (Lipinski definition) is 1. The molecule has 0 unspecified atom stereocenters. The molecule has 2 heterocycles. The van der Waals surface area contributed by atoms with Gasteiger partial charge in [0.05, 0.1) is 5.41 Å². The SMILES string of the molecule is CNC1CCN(C(=O)C(C)(C)c2cccs2)CC1.Cl. The van der Waals surface area contributed by atoms with Crippen molar-refractivity contribution in [1.82, 2.24) is 10.2 Å². The topological polar surface area (TPSA) is 32.3 Å². The third-order valence-corrected chi connectivity index (χ3v) is 5.06. The average Bonchev–Trinajstić information content (AvgIpc) is 2.92. The van der Waals surface area contributed by atoms with Crippen LogP contribution in [0, 0.1) is 0 Å². The molecule has 1 aromatic rings. The van der Waals surface area contributed by atoms with E-state index in [9.17, 15) is 4.79 Å². The zero-order valence-corrected chi connectivity index (χ0v) is 13.4. The number of carbonyl (C=O) groups is 1. The monoisotopic (exact) mass is 302 g/mol. The standard InChI is InChI=1S/C14H22N2OS.ClH/c1-14(2,12-5-4-10-18-12)13(17)16-8-6-11(15-3)7-9-16;/h4-5,10-11,15H,6-9H2,1-3H3;1H. The first-order valence-electron chi connectivity index (χ1n) is 6.56. The van der Waals surface area contributed by atoms with Crippen LogP contribution in [0.2, 0.25) is 0 Å². The van der Waals surface area contributed by atoms with E-state index in [4.69, 9.17) is 0 Å². The number of carbonyl (C=O) groups excluding carboxylic acids is 1. The van der Waals surface area contributed by atoms with Gasteiger partial charge in [0.25, 0.3) is 0 Å². The van der Waals surface area contributed by atoms with Gasteiger partial charge in [-0.15, -0.1) is 23.7 Å². The van der Waals surface area contributed by atoms with Crippen LogP contribution in [0.1, 0.15) is 31.6 Å². The summed E-state index contributed by atoms with van der Waals surface area (Å²) in [6, 6.07) is 4.64. The Kier molecular flexibility index (Phi) is 5.83. The summed E-state index contributed by atoms with van der Waals surface area (Å²) in [4.78, 5) is 15.8. The summed E-state index contributed by atoms with van der Waals surface area (Å²) in [6.45, 7) is 5.81. The summed E-state index contributed by atoms with van der Waals surface area (Å²) < 4.78 is 0. The average molecular weight is 303 g/mol. The Balaban J connectivity index is 0.00000180. The van der Waals surface area contributed by atoms with Crippen molar-refractivity contribution >= 4 is 29.7 Å². The summed E-state index contributed by atoms with van der Waals surface area (Å²) in [7, 11) is 2.00. The van der Waals surface area contributed by atoms with Crippen molar-refractivity contribution < 1.29 is 4.79 Å². The molecular weight excluding hydrogens is 280 g/mol. The Bertz CT molecular complexity index is 398. The van der Waals surface area contributed by atoms with E-state index in [0.717, 1.165) is 30.8 Å². The third kappa shape index (κ3) is 3.50. The van der Waals surface area contributed by atoms with Gasteiger partial charge in [0.15, 0.2) is 0 Å². The fraction of sp³-hybridized carbons (Fsp3) is 0.643. The van der Waals surface area contributed by atoms with E-state index in [1.165, 1.54) is 0 Å². The van der Waals surface area contributed by atoms with Crippen LogP contribution in [0.25, 0.3) is 0 Å². The maximum atomic E-state index is 12.6. The van der Waals surface area contributed by atoms with Gasteiger partial charge in [0.2, 0.25) is 5.91 Å². The Hall–Kier alpha value is -0.580. The van der Waals surface area contributed by atoms with E-state index in [2.05, 4.69) is 11.4 Å². The van der Waals surface area contributed by atoms with Gasteiger partial charge < -0.3 is 10.2 Å². The molecule has 1 saturated heterocycles. The zero-order valence-electron chi connectivity index (χ0n) is 11.8. The highest BCUT2D eigenvalue weighted by Crippen LogP contribution is 2.30. The fourth-order valence-electron chi connectivity index (χ4n) is 2.51. The Labute approximate surface area is 125 Å². The second-order valence-corrected chi connectivity index (χ2v) is 6.41. The number of nitrogens with one attached hydrogen (secondary N) is 1. The van der Waals surface area contributed by atoms with Crippen LogP contribution in [0.5, 0.6) is 0 Å². The molecule has 1 aliphatic heterocycles. The zero-order chi connectivity index (χ0) is 13.2. The molecule has 0 atom stereocenters. The molecule has 5 heteroatoms. The van der Waals surface area contributed by atoms with Gasteiger partial charge in [0, 0.05) is 24.0 Å². The summed E-state index contributed by atoms with van der Waals surface area (Å²) >= 11 is 1.67. The summed E-state index contributed by atoms with van der Waals surface area (Å²) in [5, 5.41) is 5.33. The predicted molar refractivity (Wildman–Crippen MR) is 83.3 cm³/mol. The molecule has 1 amide bonds. The highest BCUT2D eigenvalue weighted by molar-refractivity contribution is 7.10. The van der Waals surface area contributed by atoms with E-state index in [1.54, 1.807) is 11.3 Å². The maximum absolute atomic E-state index is 12.6. The lowest BCUT2D eigenvalue weighted by atomic mass is 9.88. The molecule has 1 N–H and O–H groups in total. The van der Waals surface area contributed by atoms with E-state index in [-0.39, 0.29) is 23.7 Å². The fourth-order valence-corrected chi connectivity index (χ4v) is 3.35. The first kappa shape index (κ1) is 16.5. The second kappa shape index (κ2) is 6.73. The van der Waals surface area contributed by atoms with Crippen LogP contribution in [-0.2, 0) is 10.2 Å². The van der Waals surface area contributed by atoms with Gasteiger partial charge in [0.1, 0.15) is 0 Å². The number of nitrogens with zero attached hydrogens (tertiary/aromatic N) is 1. The van der Waals surface area contributed by atoms with Crippen LogP contribution in [0.3, 0.4) is 0 Å². The molecule has 0 aromatic carbocycles. The molecule has 1 aliphatic rings. The Morgan fingerprint density at radius 1 is 1.42 bits per heavy atom. The quantitative estimate of drug-likeness (QED) is 0.931. The number of likely N-dealkylation sites (tertiary alicyclic amines) is 1. The molecule has 108 valence electrons. The molecule has 1 fully saturated rings. The number of thiophene rings is 1. The first-order valence-corrected chi connectivity index (χ1v) is 7.44. The van der Waals surface area contributed by atoms with Crippen molar-refractivity contribution in [3.63, 3.8) is 0 Å². The van der Waals surface area contributed by atoms with Crippen molar-refractivity contribution in [2.45, 2.75) is 38.1 Å². The molecule has 2 rings (SSSR count). The largest absolute Gasteiger partial charge is 0.342 e. The molecule has 0 radical (unpaired) electrons. The minimum atomic E-state index is -0.388. The van der Waals surface area contributed by atoms with Gasteiger partial charge in [-0.3, -0.25) is 4.79 Å². The van der Waals surface area contributed by atoms with Crippen molar-refractivity contribution in [2.75, 3.05) is 20.1 Å². The number of rotatable bonds is 3. The van der Waals surface area contributed by atoms with E-state index >= 15 is 0 Å². The minimum Gasteiger partial charge on any atom is -0.342 e. The summed E-state index contributed by atoms with van der Waals surface area (Å²) in [6.07, 6.45) is 2.12. The molecule has 1 aromatic heterocycles. The molecule has 3 nitrogen and oxygen atoms in total. The van der Waals surface area contributed by atoms with E-state index < -0.39 is 0 Å². The normalized spacial score (nSPS) is 17.1. The Morgan fingerprint density at radius 3 is 2.53 bits per heavy atom. The predicted octanol–water partition coefficient (Wildman–Crippen LogP) is 2.66. The van der Waals surface area contributed by atoms with Crippen molar-refractivity contribution in [3.05, 3.63) is 22.4 Å². The van der Waals surface area contributed by atoms with Gasteiger partial charge in [-0.1, -0.05) is 6.07 Å². The Morgan fingerprint density at radius 2 is 2.05 bits per heavy atom. The lowest BCUT2D eigenvalue weighted by molar-refractivity contribution is -0.137. The number of piperidine rings is 1. The van der Waals surface area contributed by atoms with Crippen molar-refractivity contribution in [1.29, 1.82) is 0 Å². The molecular formula is C14H23ClN2OS. The third-order valence-electron chi connectivity index (χ3n) is 3.86. The first-order chi connectivity index (χ1) is 8.55. The molecule has 0 bridgehead atoms. The van der Waals surface area contributed by atoms with Crippen molar-refractivity contribution in [3.8, 4) is 0 Å². The van der Waals surface area contributed by atoms with Crippen LogP contribution >= 0.6 is 23.7 Å². The number of amides is 1. The maximum Gasteiger partial charge on any atom is 0.233 e. The molecule has 0 spiro atoms. The van der Waals surface area contributed by atoms with Crippen LogP contribution in [0.15, 0.2) is 17.5 Å². The summed E-state index contributed by atoms with van der Waals surface area (Å²) in [5.41, 5.74) is -0.388. The molecule has 19 heavy (non-hydrogen) atoms. The van der Waals surface area contributed by atoms with E-state index in [1.807, 2.05) is 37.2 Å². The number of hydrogen-bond acceptors (Lipinski definition) is 3. The minimum absolute atomic E-state index is 0. The van der Waals surface area contributed by atoms with Gasteiger partial charge in [-0.05, 0) is 45.2 Å². The van der Waals surface area contributed by atoms with Crippen LogP contribution in [-0.4, -0.2) is 37.0 Å².